The number of benzene rings is 2. The van der Waals surface area contributed by atoms with Crippen LogP contribution >= 0.6 is 0 Å². The molecule has 2 aromatic rings. The molecule has 1 fully saturated rings. The number of rotatable bonds is 4. The molecule has 1 atom stereocenters. The molecule has 2 aromatic carbocycles. The van der Waals surface area contributed by atoms with Crippen molar-refractivity contribution in [3.8, 4) is 11.1 Å². The zero-order chi connectivity index (χ0) is 18.8. The average molecular weight is 364 g/mol. The van der Waals surface area contributed by atoms with E-state index >= 15 is 0 Å². The highest BCUT2D eigenvalue weighted by Crippen LogP contribution is 2.33. The first-order valence-electron chi connectivity index (χ1n) is 8.32. The molecule has 1 aliphatic heterocycles. The van der Waals surface area contributed by atoms with Crippen molar-refractivity contribution >= 4 is 11.8 Å². The van der Waals surface area contributed by atoms with Gasteiger partial charge in [-0.3, -0.25) is 4.90 Å². The zero-order valence-corrected chi connectivity index (χ0v) is 14.3. The molecule has 0 aromatic heterocycles. The molecule has 0 bridgehead atoms. The number of halogens is 3. The van der Waals surface area contributed by atoms with Crippen LogP contribution in [0.2, 0.25) is 0 Å². The zero-order valence-electron chi connectivity index (χ0n) is 14.3. The first kappa shape index (κ1) is 18.3. The monoisotopic (exact) mass is 364 g/mol. The van der Waals surface area contributed by atoms with Gasteiger partial charge >= 0.3 is 6.09 Å². The van der Waals surface area contributed by atoms with Crippen LogP contribution in [0.5, 0.6) is 0 Å². The maximum atomic E-state index is 13.8. The van der Waals surface area contributed by atoms with Crippen LogP contribution in [-0.2, 0) is 0 Å². The van der Waals surface area contributed by atoms with Crippen LogP contribution in [0.3, 0.4) is 0 Å². The molecule has 0 unspecified atom stereocenters. The Morgan fingerprint density at radius 1 is 1.19 bits per heavy atom. The first-order valence-corrected chi connectivity index (χ1v) is 8.32. The second-order valence-electron chi connectivity index (χ2n) is 6.46. The number of likely N-dealkylation sites (tertiary alicyclic amines) is 1. The predicted molar refractivity (Wildman–Crippen MR) is 92.8 cm³/mol. The van der Waals surface area contributed by atoms with Gasteiger partial charge in [0.15, 0.2) is 11.6 Å². The van der Waals surface area contributed by atoms with Crippen molar-refractivity contribution in [2.75, 3.05) is 25.0 Å². The van der Waals surface area contributed by atoms with E-state index in [2.05, 4.69) is 4.90 Å². The van der Waals surface area contributed by atoms with E-state index in [1.165, 1.54) is 12.1 Å². The van der Waals surface area contributed by atoms with E-state index in [4.69, 9.17) is 0 Å². The topological polar surface area (TPSA) is 43.8 Å². The van der Waals surface area contributed by atoms with Crippen LogP contribution in [0.1, 0.15) is 12.8 Å². The van der Waals surface area contributed by atoms with Crippen molar-refractivity contribution in [3.05, 3.63) is 53.8 Å². The Labute approximate surface area is 149 Å². The highest BCUT2D eigenvalue weighted by molar-refractivity contribution is 5.93. The summed E-state index contributed by atoms with van der Waals surface area (Å²) in [4.78, 5) is 15.1. The molecule has 7 heteroatoms. The maximum absolute atomic E-state index is 13.8. The van der Waals surface area contributed by atoms with E-state index in [1.54, 1.807) is 0 Å². The van der Waals surface area contributed by atoms with E-state index in [1.807, 2.05) is 7.05 Å². The minimum absolute atomic E-state index is 0.0500. The molecular weight excluding hydrogens is 345 g/mol. The van der Waals surface area contributed by atoms with Crippen LogP contribution in [-0.4, -0.2) is 42.3 Å². The molecule has 1 saturated heterocycles. The minimum Gasteiger partial charge on any atom is -0.465 e. The van der Waals surface area contributed by atoms with Crippen LogP contribution < -0.4 is 4.90 Å². The predicted octanol–water partition coefficient (Wildman–Crippen LogP) is 4.35. The standard InChI is InChI=1S/C19H19F3N2O2/c1-23-8-2-3-14(23)11-24(19(25)26)18-7-5-13(20)10-15(18)12-4-6-16(21)17(22)9-12/h4-7,9-10,14H,2-3,8,11H2,1H3,(H,25,26)/t14-/m0/s1. The summed E-state index contributed by atoms with van der Waals surface area (Å²) in [7, 11) is 1.93. The Kier molecular flexibility index (Phi) is 5.18. The maximum Gasteiger partial charge on any atom is 0.411 e. The summed E-state index contributed by atoms with van der Waals surface area (Å²) in [5, 5.41) is 9.69. The second kappa shape index (κ2) is 7.37. The Bertz CT molecular complexity index is 828. The van der Waals surface area contributed by atoms with Gasteiger partial charge in [-0.25, -0.2) is 18.0 Å². The normalized spacial score (nSPS) is 17.5. The summed E-state index contributed by atoms with van der Waals surface area (Å²) in [5.41, 5.74) is 0.654. The average Bonchev–Trinajstić information content (AvgIpc) is 3.00. The molecule has 0 radical (unpaired) electrons. The first-order chi connectivity index (χ1) is 12.4. The Hall–Kier alpha value is -2.54. The molecule has 0 spiro atoms. The number of nitrogens with zero attached hydrogens (tertiary/aromatic N) is 2. The van der Waals surface area contributed by atoms with E-state index in [-0.39, 0.29) is 29.4 Å². The van der Waals surface area contributed by atoms with E-state index in [0.29, 0.717) is 0 Å². The quantitative estimate of drug-likeness (QED) is 0.877. The smallest absolute Gasteiger partial charge is 0.411 e. The van der Waals surface area contributed by atoms with Crippen LogP contribution in [0, 0.1) is 17.5 Å². The van der Waals surface area contributed by atoms with E-state index in [0.717, 1.165) is 48.6 Å². The molecule has 1 N–H and O–H groups in total. The van der Waals surface area contributed by atoms with Crippen LogP contribution in [0.4, 0.5) is 23.7 Å². The van der Waals surface area contributed by atoms with Gasteiger partial charge in [-0.2, -0.15) is 0 Å². The van der Waals surface area contributed by atoms with E-state index < -0.39 is 23.5 Å². The van der Waals surface area contributed by atoms with Gasteiger partial charge in [0.05, 0.1) is 5.69 Å². The molecule has 26 heavy (non-hydrogen) atoms. The fraction of sp³-hybridized carbons (Fsp3) is 0.316. The fourth-order valence-electron chi connectivity index (χ4n) is 3.34. The van der Waals surface area contributed by atoms with Crippen LogP contribution in [0.15, 0.2) is 36.4 Å². The molecular formula is C19H19F3N2O2. The van der Waals surface area contributed by atoms with Crippen molar-refractivity contribution in [1.82, 2.24) is 4.90 Å². The largest absolute Gasteiger partial charge is 0.465 e. The Balaban J connectivity index is 2.04. The summed E-state index contributed by atoms with van der Waals surface area (Å²) in [6.45, 7) is 1.10. The summed E-state index contributed by atoms with van der Waals surface area (Å²) in [5.74, 6) is -2.68. The Morgan fingerprint density at radius 2 is 1.96 bits per heavy atom. The number of likely N-dealkylation sites (N-methyl/N-ethyl adjacent to an activating group) is 1. The fourth-order valence-corrected chi connectivity index (χ4v) is 3.34. The van der Waals surface area contributed by atoms with Crippen molar-refractivity contribution in [2.24, 2.45) is 0 Å². The van der Waals surface area contributed by atoms with Gasteiger partial charge in [-0.05, 0) is 62.3 Å². The second-order valence-corrected chi connectivity index (χ2v) is 6.46. The lowest BCUT2D eigenvalue weighted by molar-refractivity contribution is 0.198. The molecule has 1 amide bonds. The van der Waals surface area contributed by atoms with Crippen molar-refractivity contribution in [2.45, 2.75) is 18.9 Å². The lowest BCUT2D eigenvalue weighted by Crippen LogP contribution is -2.41. The van der Waals surface area contributed by atoms with Crippen LogP contribution in [0.25, 0.3) is 11.1 Å². The third-order valence-electron chi connectivity index (χ3n) is 4.78. The SMILES string of the molecule is CN1CCC[C@H]1CN(C(=O)O)c1ccc(F)cc1-c1ccc(F)c(F)c1. The highest BCUT2D eigenvalue weighted by Gasteiger charge is 2.28. The van der Waals surface area contributed by atoms with Gasteiger partial charge < -0.3 is 10.0 Å². The number of hydrogen-bond acceptors (Lipinski definition) is 2. The van der Waals surface area contributed by atoms with Gasteiger partial charge in [0.1, 0.15) is 5.82 Å². The molecule has 3 rings (SSSR count). The van der Waals surface area contributed by atoms with Crippen molar-refractivity contribution < 1.29 is 23.1 Å². The number of carboxylic acid groups (broad SMARTS) is 1. The van der Waals surface area contributed by atoms with Gasteiger partial charge in [-0.1, -0.05) is 6.07 Å². The number of carbonyl (C=O) groups is 1. The van der Waals surface area contributed by atoms with Gasteiger partial charge in [0, 0.05) is 18.2 Å². The number of anilines is 1. The highest BCUT2D eigenvalue weighted by atomic mass is 19.2. The van der Waals surface area contributed by atoms with Gasteiger partial charge in [-0.15, -0.1) is 0 Å². The molecule has 0 saturated carbocycles. The molecule has 138 valence electrons. The summed E-state index contributed by atoms with van der Waals surface area (Å²) in [6.07, 6.45) is 0.663. The Morgan fingerprint density at radius 3 is 2.58 bits per heavy atom. The van der Waals surface area contributed by atoms with Gasteiger partial charge in [0.25, 0.3) is 0 Å². The lowest BCUT2D eigenvalue weighted by Gasteiger charge is -2.28. The molecule has 1 heterocycles. The van der Waals surface area contributed by atoms with E-state index in [9.17, 15) is 23.1 Å². The molecule has 4 nitrogen and oxygen atoms in total. The van der Waals surface area contributed by atoms with Crippen molar-refractivity contribution in [1.29, 1.82) is 0 Å². The minimum atomic E-state index is -1.18. The molecule has 1 aliphatic rings. The summed E-state index contributed by atoms with van der Waals surface area (Å²) < 4.78 is 40.7. The number of amides is 1. The molecule has 0 aliphatic carbocycles. The third kappa shape index (κ3) is 3.67. The summed E-state index contributed by atoms with van der Waals surface area (Å²) >= 11 is 0. The van der Waals surface area contributed by atoms with Gasteiger partial charge in [0.2, 0.25) is 0 Å². The lowest BCUT2D eigenvalue weighted by atomic mass is 10.0. The number of hydrogen-bond donors (Lipinski definition) is 1. The third-order valence-corrected chi connectivity index (χ3v) is 4.78. The van der Waals surface area contributed by atoms with Crippen molar-refractivity contribution in [3.63, 3.8) is 0 Å². The summed E-state index contributed by atoms with van der Waals surface area (Å²) in [6, 6.07) is 6.88.